The second-order valence-electron chi connectivity index (χ2n) is 4.96. The number of carbonyl (C=O) groups is 1. The third-order valence-electron chi connectivity index (χ3n) is 3.32. The quantitative estimate of drug-likeness (QED) is 0.884. The van der Waals surface area contributed by atoms with Gasteiger partial charge in [-0.1, -0.05) is 11.6 Å². The number of amides is 1. The van der Waals surface area contributed by atoms with E-state index < -0.39 is 0 Å². The van der Waals surface area contributed by atoms with Gasteiger partial charge in [-0.2, -0.15) is 0 Å². The fraction of sp³-hybridized carbons (Fsp3) is 0.278. The molecular weight excluding hydrogens is 294 g/mol. The molecule has 0 saturated carbocycles. The molecule has 0 unspecified atom stereocenters. The molecule has 0 atom stereocenters. The number of methoxy groups -OCH3 is 2. The van der Waals surface area contributed by atoms with E-state index in [0.29, 0.717) is 35.1 Å². The van der Waals surface area contributed by atoms with Gasteiger partial charge in [0, 0.05) is 11.8 Å². The minimum absolute atomic E-state index is 0.239. The van der Waals surface area contributed by atoms with Crippen molar-refractivity contribution in [1.29, 1.82) is 0 Å². The van der Waals surface area contributed by atoms with Crippen LogP contribution in [0.5, 0.6) is 17.2 Å². The van der Waals surface area contributed by atoms with Crippen molar-refractivity contribution in [2.45, 2.75) is 13.8 Å². The number of benzene rings is 2. The van der Waals surface area contributed by atoms with E-state index in [2.05, 4.69) is 5.32 Å². The maximum Gasteiger partial charge on any atom is 0.259 e. The van der Waals surface area contributed by atoms with E-state index in [9.17, 15) is 4.79 Å². The summed E-state index contributed by atoms with van der Waals surface area (Å²) in [7, 11) is 3.11. The SMILES string of the molecule is CCOc1ccc(NC(=O)c2cc(C)ccc2OC)cc1OC. The Labute approximate surface area is 136 Å². The van der Waals surface area contributed by atoms with Crippen LogP contribution >= 0.6 is 0 Å². The number of aryl methyl sites for hydroxylation is 1. The molecule has 0 bridgehead atoms. The number of anilines is 1. The summed E-state index contributed by atoms with van der Waals surface area (Å²) in [6.45, 7) is 4.37. The Morgan fingerprint density at radius 2 is 1.70 bits per heavy atom. The van der Waals surface area contributed by atoms with Gasteiger partial charge in [0.25, 0.3) is 5.91 Å². The van der Waals surface area contributed by atoms with Crippen LogP contribution in [0, 0.1) is 6.92 Å². The first kappa shape index (κ1) is 16.7. The van der Waals surface area contributed by atoms with Crippen molar-refractivity contribution in [1.82, 2.24) is 0 Å². The van der Waals surface area contributed by atoms with Gasteiger partial charge < -0.3 is 19.5 Å². The predicted octanol–water partition coefficient (Wildman–Crippen LogP) is 3.66. The first-order valence-electron chi connectivity index (χ1n) is 7.35. The molecule has 5 nitrogen and oxygen atoms in total. The zero-order valence-electron chi connectivity index (χ0n) is 13.8. The molecule has 0 aromatic heterocycles. The summed E-state index contributed by atoms with van der Waals surface area (Å²) in [6.07, 6.45) is 0. The highest BCUT2D eigenvalue weighted by Crippen LogP contribution is 2.30. The van der Waals surface area contributed by atoms with Crippen LogP contribution in [0.3, 0.4) is 0 Å². The molecule has 0 spiro atoms. The highest BCUT2D eigenvalue weighted by Gasteiger charge is 2.14. The van der Waals surface area contributed by atoms with Gasteiger partial charge in [-0.25, -0.2) is 0 Å². The van der Waals surface area contributed by atoms with Crippen LogP contribution in [0.2, 0.25) is 0 Å². The van der Waals surface area contributed by atoms with E-state index in [0.717, 1.165) is 5.56 Å². The maximum atomic E-state index is 12.5. The summed E-state index contributed by atoms with van der Waals surface area (Å²) in [5.41, 5.74) is 2.10. The summed E-state index contributed by atoms with van der Waals surface area (Å²) in [5, 5.41) is 2.85. The smallest absolute Gasteiger partial charge is 0.259 e. The molecule has 1 N–H and O–H groups in total. The molecule has 0 aliphatic carbocycles. The number of hydrogen-bond acceptors (Lipinski definition) is 4. The van der Waals surface area contributed by atoms with E-state index in [1.807, 2.05) is 19.9 Å². The van der Waals surface area contributed by atoms with Crippen molar-refractivity contribution in [3.05, 3.63) is 47.5 Å². The Morgan fingerprint density at radius 3 is 2.35 bits per heavy atom. The number of ether oxygens (including phenoxy) is 3. The Kier molecular flexibility index (Phi) is 5.46. The van der Waals surface area contributed by atoms with Crippen LogP contribution in [-0.2, 0) is 0 Å². The molecule has 1 amide bonds. The van der Waals surface area contributed by atoms with Crippen molar-refractivity contribution in [3.63, 3.8) is 0 Å². The van der Waals surface area contributed by atoms with E-state index in [1.54, 1.807) is 44.6 Å². The molecule has 0 heterocycles. The van der Waals surface area contributed by atoms with Crippen LogP contribution in [0.4, 0.5) is 5.69 Å². The summed E-state index contributed by atoms with van der Waals surface area (Å²) >= 11 is 0. The lowest BCUT2D eigenvalue weighted by molar-refractivity contribution is 0.102. The normalized spacial score (nSPS) is 10.1. The minimum Gasteiger partial charge on any atom is -0.496 e. The second-order valence-corrected chi connectivity index (χ2v) is 4.96. The van der Waals surface area contributed by atoms with Gasteiger partial charge in [-0.15, -0.1) is 0 Å². The molecule has 0 radical (unpaired) electrons. The second kappa shape index (κ2) is 7.54. The first-order valence-corrected chi connectivity index (χ1v) is 7.35. The molecule has 2 aromatic carbocycles. The molecule has 2 aromatic rings. The topological polar surface area (TPSA) is 56.8 Å². The molecule has 5 heteroatoms. The Morgan fingerprint density at radius 1 is 1.00 bits per heavy atom. The van der Waals surface area contributed by atoms with Gasteiger partial charge in [0.2, 0.25) is 0 Å². The molecule has 0 aliphatic rings. The first-order chi connectivity index (χ1) is 11.1. The van der Waals surface area contributed by atoms with Crippen LogP contribution in [0.25, 0.3) is 0 Å². The minimum atomic E-state index is -0.239. The highest BCUT2D eigenvalue weighted by atomic mass is 16.5. The molecule has 2 rings (SSSR count). The Balaban J connectivity index is 2.25. The van der Waals surface area contributed by atoms with E-state index in [4.69, 9.17) is 14.2 Å². The highest BCUT2D eigenvalue weighted by molar-refractivity contribution is 6.06. The fourth-order valence-corrected chi connectivity index (χ4v) is 2.22. The monoisotopic (exact) mass is 315 g/mol. The lowest BCUT2D eigenvalue weighted by atomic mass is 10.1. The van der Waals surface area contributed by atoms with E-state index in [1.165, 1.54) is 0 Å². The summed E-state index contributed by atoms with van der Waals surface area (Å²) in [5.74, 6) is 1.50. The van der Waals surface area contributed by atoms with Crippen molar-refractivity contribution >= 4 is 11.6 Å². The lowest BCUT2D eigenvalue weighted by Crippen LogP contribution is -2.13. The van der Waals surface area contributed by atoms with Gasteiger partial charge in [0.05, 0.1) is 26.4 Å². The summed E-state index contributed by atoms with van der Waals surface area (Å²) in [4.78, 5) is 12.5. The van der Waals surface area contributed by atoms with E-state index in [-0.39, 0.29) is 5.91 Å². The summed E-state index contributed by atoms with van der Waals surface area (Å²) in [6, 6.07) is 10.7. The summed E-state index contributed by atoms with van der Waals surface area (Å²) < 4.78 is 16.0. The maximum absolute atomic E-state index is 12.5. The van der Waals surface area contributed by atoms with Crippen molar-refractivity contribution < 1.29 is 19.0 Å². The fourth-order valence-electron chi connectivity index (χ4n) is 2.22. The Hall–Kier alpha value is -2.69. The molecule has 0 fully saturated rings. The van der Waals surface area contributed by atoms with Crippen LogP contribution in [0.1, 0.15) is 22.8 Å². The third kappa shape index (κ3) is 3.94. The number of rotatable bonds is 6. The average molecular weight is 315 g/mol. The number of hydrogen-bond donors (Lipinski definition) is 1. The van der Waals surface area contributed by atoms with Gasteiger partial charge in [0.1, 0.15) is 5.75 Å². The zero-order chi connectivity index (χ0) is 16.8. The lowest BCUT2D eigenvalue weighted by Gasteiger charge is -2.13. The third-order valence-corrected chi connectivity index (χ3v) is 3.32. The number of carbonyl (C=O) groups excluding carboxylic acids is 1. The standard InChI is InChI=1S/C18H21NO4/c1-5-23-16-9-7-13(11-17(16)22-4)19-18(20)14-10-12(2)6-8-15(14)21-3/h6-11H,5H2,1-4H3,(H,19,20). The number of nitrogens with one attached hydrogen (secondary N) is 1. The van der Waals surface area contributed by atoms with Crippen LogP contribution in [-0.4, -0.2) is 26.7 Å². The zero-order valence-corrected chi connectivity index (χ0v) is 13.8. The van der Waals surface area contributed by atoms with E-state index >= 15 is 0 Å². The van der Waals surface area contributed by atoms with Crippen molar-refractivity contribution in [2.24, 2.45) is 0 Å². The van der Waals surface area contributed by atoms with Gasteiger partial charge >= 0.3 is 0 Å². The van der Waals surface area contributed by atoms with Crippen LogP contribution < -0.4 is 19.5 Å². The van der Waals surface area contributed by atoms with Gasteiger partial charge in [-0.3, -0.25) is 4.79 Å². The largest absolute Gasteiger partial charge is 0.496 e. The van der Waals surface area contributed by atoms with Crippen molar-refractivity contribution in [2.75, 3.05) is 26.1 Å². The molecule has 23 heavy (non-hydrogen) atoms. The average Bonchev–Trinajstić information content (AvgIpc) is 2.56. The van der Waals surface area contributed by atoms with Gasteiger partial charge in [0.15, 0.2) is 11.5 Å². The van der Waals surface area contributed by atoms with Crippen LogP contribution in [0.15, 0.2) is 36.4 Å². The Bertz CT molecular complexity index is 697. The molecule has 0 saturated heterocycles. The molecule has 0 aliphatic heterocycles. The van der Waals surface area contributed by atoms with Crippen molar-refractivity contribution in [3.8, 4) is 17.2 Å². The molecular formula is C18H21NO4. The van der Waals surface area contributed by atoms with Gasteiger partial charge in [-0.05, 0) is 38.1 Å². The predicted molar refractivity (Wildman–Crippen MR) is 89.8 cm³/mol. The molecule has 122 valence electrons.